The van der Waals surface area contributed by atoms with Crippen molar-refractivity contribution in [3.8, 4) is 17.0 Å². The monoisotopic (exact) mass is 418 g/mol. The summed E-state index contributed by atoms with van der Waals surface area (Å²) in [5.74, 6) is 0.469. The molecule has 2 aromatic carbocycles. The average Bonchev–Trinajstić information content (AvgIpc) is 2.69. The minimum absolute atomic E-state index is 0.0958. The van der Waals surface area contributed by atoms with E-state index in [1.165, 1.54) is 18.2 Å². The molecule has 0 radical (unpaired) electrons. The van der Waals surface area contributed by atoms with Crippen molar-refractivity contribution in [2.75, 3.05) is 17.2 Å². The van der Waals surface area contributed by atoms with Gasteiger partial charge in [-0.15, -0.1) is 13.2 Å². The number of rotatable bonds is 7. The van der Waals surface area contributed by atoms with Crippen molar-refractivity contribution < 1.29 is 23.0 Å². The molecular weight excluding hydrogens is 397 g/mol. The van der Waals surface area contributed by atoms with Gasteiger partial charge in [0.15, 0.2) is 0 Å². The first-order chi connectivity index (χ1) is 14.2. The summed E-state index contributed by atoms with van der Waals surface area (Å²) in [4.78, 5) is 8.90. The molecule has 3 aromatic rings. The molecule has 1 atom stereocenters. The molecule has 9 heteroatoms. The van der Waals surface area contributed by atoms with Crippen molar-refractivity contribution in [1.82, 2.24) is 9.97 Å². The smallest absolute Gasteiger partial charge is 0.406 e. The number of aliphatic hydroxyl groups is 1. The fourth-order valence-corrected chi connectivity index (χ4v) is 2.71. The lowest BCUT2D eigenvalue weighted by Gasteiger charge is -2.16. The topological polar surface area (TPSA) is 79.3 Å². The molecule has 0 amide bonds. The maximum atomic E-state index is 12.4. The fourth-order valence-electron chi connectivity index (χ4n) is 2.71. The normalized spacial score (nSPS) is 12.3. The second kappa shape index (κ2) is 9.00. The summed E-state index contributed by atoms with van der Waals surface area (Å²) in [5, 5.41) is 15.4. The van der Waals surface area contributed by atoms with Crippen LogP contribution in [-0.2, 0) is 0 Å². The summed E-state index contributed by atoms with van der Waals surface area (Å²) < 4.78 is 41.2. The van der Waals surface area contributed by atoms with Crippen LogP contribution in [0, 0.1) is 6.92 Å². The molecule has 0 aliphatic rings. The van der Waals surface area contributed by atoms with Gasteiger partial charge in [-0.05, 0) is 37.6 Å². The zero-order valence-electron chi connectivity index (χ0n) is 16.4. The summed E-state index contributed by atoms with van der Waals surface area (Å²) in [6.45, 7) is 3.36. The van der Waals surface area contributed by atoms with Crippen LogP contribution < -0.4 is 15.4 Å². The fraction of sp³-hybridized carbons (Fsp3) is 0.238. The summed E-state index contributed by atoms with van der Waals surface area (Å²) in [6.07, 6.45) is -4.75. The number of anilines is 3. The maximum Gasteiger partial charge on any atom is 0.573 e. The number of nitrogens with one attached hydrogen (secondary N) is 2. The summed E-state index contributed by atoms with van der Waals surface area (Å²) in [5.41, 5.74) is 2.64. The predicted molar refractivity (Wildman–Crippen MR) is 109 cm³/mol. The van der Waals surface area contributed by atoms with Crippen LogP contribution in [0.1, 0.15) is 12.5 Å². The summed E-state index contributed by atoms with van der Waals surface area (Å²) in [6, 6.07) is 15.0. The van der Waals surface area contributed by atoms with E-state index in [0.717, 1.165) is 5.56 Å². The molecule has 1 heterocycles. The molecule has 0 aliphatic carbocycles. The first-order valence-electron chi connectivity index (χ1n) is 9.19. The molecule has 0 spiro atoms. The SMILES string of the molecule is Cc1cc(OC(F)(F)F)ccc1Nc1cc(-c2ccccc2)nc(N[C@@H](C)CO)n1. The number of hydrogen-bond acceptors (Lipinski definition) is 6. The highest BCUT2D eigenvalue weighted by molar-refractivity contribution is 5.69. The molecule has 6 nitrogen and oxygen atoms in total. The van der Waals surface area contributed by atoms with Gasteiger partial charge in [-0.1, -0.05) is 30.3 Å². The Balaban J connectivity index is 1.92. The van der Waals surface area contributed by atoms with Gasteiger partial charge in [0.25, 0.3) is 0 Å². The molecule has 0 bridgehead atoms. The van der Waals surface area contributed by atoms with Gasteiger partial charge >= 0.3 is 6.36 Å². The molecule has 0 fully saturated rings. The van der Waals surface area contributed by atoms with Crippen molar-refractivity contribution in [2.24, 2.45) is 0 Å². The Morgan fingerprint density at radius 2 is 1.80 bits per heavy atom. The second-order valence-electron chi connectivity index (χ2n) is 6.71. The van der Waals surface area contributed by atoms with Crippen LogP contribution >= 0.6 is 0 Å². The Bertz CT molecular complexity index is 997. The maximum absolute atomic E-state index is 12.4. The third kappa shape index (κ3) is 5.84. The van der Waals surface area contributed by atoms with Gasteiger partial charge in [-0.3, -0.25) is 0 Å². The highest BCUT2D eigenvalue weighted by Crippen LogP contribution is 2.29. The highest BCUT2D eigenvalue weighted by atomic mass is 19.4. The van der Waals surface area contributed by atoms with Gasteiger partial charge in [-0.25, -0.2) is 4.98 Å². The number of hydrogen-bond donors (Lipinski definition) is 3. The Morgan fingerprint density at radius 3 is 2.43 bits per heavy atom. The quantitative estimate of drug-likeness (QED) is 0.507. The minimum atomic E-state index is -4.75. The molecule has 0 aliphatic heterocycles. The number of nitrogens with zero attached hydrogens (tertiary/aromatic N) is 2. The first-order valence-corrected chi connectivity index (χ1v) is 9.19. The van der Waals surface area contributed by atoms with E-state index in [1.807, 2.05) is 30.3 Å². The number of aliphatic hydroxyl groups excluding tert-OH is 1. The van der Waals surface area contributed by atoms with Crippen molar-refractivity contribution in [3.05, 3.63) is 60.2 Å². The van der Waals surface area contributed by atoms with E-state index < -0.39 is 6.36 Å². The van der Waals surface area contributed by atoms with Gasteiger partial charge in [-0.2, -0.15) is 4.98 Å². The zero-order valence-corrected chi connectivity index (χ0v) is 16.4. The van der Waals surface area contributed by atoms with Crippen molar-refractivity contribution in [3.63, 3.8) is 0 Å². The van der Waals surface area contributed by atoms with Crippen LogP contribution in [0.3, 0.4) is 0 Å². The lowest BCUT2D eigenvalue weighted by atomic mass is 10.1. The third-order valence-corrected chi connectivity index (χ3v) is 4.14. The van der Waals surface area contributed by atoms with E-state index >= 15 is 0 Å². The first kappa shape index (κ1) is 21.4. The minimum Gasteiger partial charge on any atom is -0.406 e. The number of aryl methyl sites for hydroxylation is 1. The molecule has 158 valence electrons. The molecule has 30 heavy (non-hydrogen) atoms. The van der Waals surface area contributed by atoms with Crippen LogP contribution in [0.2, 0.25) is 0 Å². The molecular formula is C21H21F3N4O2. The molecule has 3 rings (SSSR count). The lowest BCUT2D eigenvalue weighted by molar-refractivity contribution is -0.274. The average molecular weight is 418 g/mol. The Labute approximate surface area is 171 Å². The number of alkyl halides is 3. The van der Waals surface area contributed by atoms with E-state index in [-0.39, 0.29) is 18.4 Å². The Kier molecular flexibility index (Phi) is 6.41. The molecule has 0 saturated carbocycles. The zero-order chi connectivity index (χ0) is 21.7. The second-order valence-corrected chi connectivity index (χ2v) is 6.71. The van der Waals surface area contributed by atoms with Gasteiger partial charge in [0.1, 0.15) is 11.6 Å². The Morgan fingerprint density at radius 1 is 1.07 bits per heavy atom. The summed E-state index contributed by atoms with van der Waals surface area (Å²) in [7, 11) is 0. The number of halogens is 3. The van der Waals surface area contributed by atoms with E-state index in [2.05, 4.69) is 25.3 Å². The van der Waals surface area contributed by atoms with E-state index in [9.17, 15) is 18.3 Å². The van der Waals surface area contributed by atoms with Gasteiger partial charge in [0.2, 0.25) is 5.95 Å². The standard InChI is InChI=1S/C21H21F3N4O2/c1-13-10-16(30-21(22,23)24)8-9-17(13)26-19-11-18(15-6-4-3-5-7-15)27-20(28-19)25-14(2)12-29/h3-11,14,29H,12H2,1-2H3,(H2,25,26,27,28)/t14-/m0/s1. The number of benzene rings is 2. The summed E-state index contributed by atoms with van der Waals surface area (Å²) >= 11 is 0. The van der Waals surface area contributed by atoms with Gasteiger partial charge in [0, 0.05) is 23.4 Å². The van der Waals surface area contributed by atoms with E-state index in [1.54, 1.807) is 19.9 Å². The Hall–Kier alpha value is -3.33. The van der Waals surface area contributed by atoms with Crippen LogP contribution in [0.4, 0.5) is 30.6 Å². The van der Waals surface area contributed by atoms with Gasteiger partial charge in [0.05, 0.1) is 12.3 Å². The van der Waals surface area contributed by atoms with E-state index in [4.69, 9.17) is 0 Å². The predicted octanol–water partition coefficient (Wildman–Crippen LogP) is 4.89. The van der Waals surface area contributed by atoms with Gasteiger partial charge < -0.3 is 20.5 Å². The van der Waals surface area contributed by atoms with Crippen molar-refractivity contribution >= 4 is 17.5 Å². The van der Waals surface area contributed by atoms with Crippen LogP contribution in [0.25, 0.3) is 11.3 Å². The van der Waals surface area contributed by atoms with Crippen molar-refractivity contribution in [1.29, 1.82) is 0 Å². The molecule has 0 unspecified atom stereocenters. The van der Waals surface area contributed by atoms with Crippen molar-refractivity contribution in [2.45, 2.75) is 26.3 Å². The van der Waals surface area contributed by atoms with Crippen LogP contribution in [0.5, 0.6) is 5.75 Å². The van der Waals surface area contributed by atoms with Crippen LogP contribution in [0.15, 0.2) is 54.6 Å². The molecule has 3 N–H and O–H groups in total. The number of aromatic nitrogens is 2. The third-order valence-electron chi connectivity index (χ3n) is 4.14. The largest absolute Gasteiger partial charge is 0.573 e. The van der Waals surface area contributed by atoms with Crippen LogP contribution in [-0.4, -0.2) is 34.1 Å². The highest BCUT2D eigenvalue weighted by Gasteiger charge is 2.31. The van der Waals surface area contributed by atoms with E-state index in [0.29, 0.717) is 28.7 Å². The number of ether oxygens (including phenoxy) is 1. The molecule has 1 aromatic heterocycles. The lowest BCUT2D eigenvalue weighted by Crippen LogP contribution is -2.21. The molecule has 0 saturated heterocycles.